The molecule has 0 unspecified atom stereocenters. The standard InChI is InChI=1S/C11H9F3N2O/c1-6-9(15)10(17-16-6)7-2-4-8(5-3-7)11(12,13)14/h2-5H,15H2,1H3. The third-order valence-corrected chi connectivity index (χ3v) is 2.38. The summed E-state index contributed by atoms with van der Waals surface area (Å²) in [6, 6.07) is 4.57. The Morgan fingerprint density at radius 3 is 2.18 bits per heavy atom. The number of hydrogen-bond donors (Lipinski definition) is 1. The Labute approximate surface area is 95.0 Å². The first-order valence-electron chi connectivity index (χ1n) is 4.79. The monoisotopic (exact) mass is 242 g/mol. The maximum atomic E-state index is 12.3. The molecular weight excluding hydrogens is 233 g/mol. The zero-order valence-corrected chi connectivity index (χ0v) is 8.88. The molecule has 0 spiro atoms. The van der Waals surface area contributed by atoms with E-state index in [1.807, 2.05) is 0 Å². The molecule has 90 valence electrons. The van der Waals surface area contributed by atoms with Crippen molar-refractivity contribution in [3.8, 4) is 11.3 Å². The molecule has 0 aliphatic carbocycles. The predicted octanol–water partition coefficient (Wildman–Crippen LogP) is 3.25. The maximum absolute atomic E-state index is 12.3. The maximum Gasteiger partial charge on any atom is 0.416 e. The lowest BCUT2D eigenvalue weighted by Gasteiger charge is -2.06. The first-order chi connectivity index (χ1) is 7.89. The van der Waals surface area contributed by atoms with Gasteiger partial charge in [-0.2, -0.15) is 13.2 Å². The highest BCUT2D eigenvalue weighted by Gasteiger charge is 2.30. The van der Waals surface area contributed by atoms with Gasteiger partial charge >= 0.3 is 6.18 Å². The zero-order chi connectivity index (χ0) is 12.6. The number of benzene rings is 1. The Morgan fingerprint density at radius 1 is 1.18 bits per heavy atom. The van der Waals surface area contributed by atoms with Crippen molar-refractivity contribution in [1.29, 1.82) is 0 Å². The molecule has 1 aromatic carbocycles. The summed E-state index contributed by atoms with van der Waals surface area (Å²) in [7, 11) is 0. The first-order valence-corrected chi connectivity index (χ1v) is 4.79. The van der Waals surface area contributed by atoms with E-state index in [-0.39, 0.29) is 5.76 Å². The fraction of sp³-hybridized carbons (Fsp3) is 0.182. The second-order valence-corrected chi connectivity index (χ2v) is 3.59. The Bertz CT molecular complexity index is 529. The van der Waals surface area contributed by atoms with Crippen molar-refractivity contribution in [2.24, 2.45) is 0 Å². The largest absolute Gasteiger partial charge is 0.416 e. The SMILES string of the molecule is Cc1noc(-c2ccc(C(F)(F)F)cc2)c1N. The van der Waals surface area contributed by atoms with Gasteiger partial charge in [-0.1, -0.05) is 17.3 Å². The van der Waals surface area contributed by atoms with Gasteiger partial charge in [-0.15, -0.1) is 0 Å². The smallest absolute Gasteiger partial charge is 0.394 e. The highest BCUT2D eigenvalue weighted by atomic mass is 19.4. The van der Waals surface area contributed by atoms with Crippen LogP contribution < -0.4 is 5.73 Å². The minimum atomic E-state index is -4.35. The molecule has 0 saturated carbocycles. The molecule has 2 rings (SSSR count). The van der Waals surface area contributed by atoms with Gasteiger partial charge in [0.1, 0.15) is 11.4 Å². The van der Waals surface area contributed by atoms with Crippen molar-refractivity contribution >= 4 is 5.69 Å². The molecule has 0 saturated heterocycles. The van der Waals surface area contributed by atoms with E-state index in [4.69, 9.17) is 10.3 Å². The summed E-state index contributed by atoms with van der Waals surface area (Å²) in [5.41, 5.74) is 6.29. The van der Waals surface area contributed by atoms with Crippen LogP contribution in [0.25, 0.3) is 11.3 Å². The fourth-order valence-electron chi connectivity index (χ4n) is 1.40. The highest BCUT2D eigenvalue weighted by molar-refractivity contribution is 5.72. The number of anilines is 1. The molecule has 1 heterocycles. The van der Waals surface area contributed by atoms with Gasteiger partial charge in [0.25, 0.3) is 0 Å². The number of aryl methyl sites for hydroxylation is 1. The number of nitrogens with two attached hydrogens (primary N) is 1. The van der Waals surface area contributed by atoms with Gasteiger partial charge in [-0.3, -0.25) is 0 Å². The third kappa shape index (κ3) is 2.11. The Balaban J connectivity index is 2.40. The summed E-state index contributed by atoms with van der Waals surface area (Å²) < 4.78 is 42.0. The number of nitrogens with zero attached hydrogens (tertiary/aromatic N) is 1. The molecule has 1 aromatic heterocycles. The van der Waals surface area contributed by atoms with Crippen molar-refractivity contribution in [2.75, 3.05) is 5.73 Å². The van der Waals surface area contributed by atoms with Crippen molar-refractivity contribution in [1.82, 2.24) is 5.16 Å². The molecule has 0 aliphatic heterocycles. The number of alkyl halides is 3. The van der Waals surface area contributed by atoms with Gasteiger partial charge in [0.15, 0.2) is 5.76 Å². The number of hydrogen-bond acceptors (Lipinski definition) is 3. The summed E-state index contributed by atoms with van der Waals surface area (Å²) in [4.78, 5) is 0. The van der Waals surface area contributed by atoms with Crippen LogP contribution in [0, 0.1) is 6.92 Å². The Morgan fingerprint density at radius 2 is 1.76 bits per heavy atom. The number of halogens is 3. The molecular formula is C11H9F3N2O. The van der Waals surface area contributed by atoms with Crippen LogP contribution >= 0.6 is 0 Å². The van der Waals surface area contributed by atoms with Crippen LogP contribution in [0.15, 0.2) is 28.8 Å². The molecule has 0 aliphatic rings. The minimum Gasteiger partial charge on any atom is -0.394 e. The summed E-state index contributed by atoms with van der Waals surface area (Å²) in [6.07, 6.45) is -4.35. The second-order valence-electron chi connectivity index (χ2n) is 3.59. The van der Waals surface area contributed by atoms with Crippen LogP contribution in [0.5, 0.6) is 0 Å². The minimum absolute atomic E-state index is 0.288. The molecule has 0 fully saturated rings. The third-order valence-electron chi connectivity index (χ3n) is 2.38. The average Bonchev–Trinajstić information content (AvgIpc) is 2.59. The number of nitrogen functional groups attached to an aromatic ring is 1. The van der Waals surface area contributed by atoms with Crippen LogP contribution in [0.2, 0.25) is 0 Å². The Kier molecular flexibility index (Phi) is 2.57. The fourth-order valence-corrected chi connectivity index (χ4v) is 1.40. The lowest BCUT2D eigenvalue weighted by Crippen LogP contribution is -2.04. The molecule has 2 N–H and O–H groups in total. The first kappa shape index (κ1) is 11.5. The predicted molar refractivity (Wildman–Crippen MR) is 56.1 cm³/mol. The molecule has 2 aromatic rings. The van der Waals surface area contributed by atoms with E-state index in [1.54, 1.807) is 6.92 Å². The van der Waals surface area contributed by atoms with Crippen molar-refractivity contribution in [2.45, 2.75) is 13.1 Å². The highest BCUT2D eigenvalue weighted by Crippen LogP contribution is 2.33. The van der Waals surface area contributed by atoms with E-state index in [1.165, 1.54) is 12.1 Å². The molecule has 0 radical (unpaired) electrons. The molecule has 0 bridgehead atoms. The second kappa shape index (κ2) is 3.80. The van der Waals surface area contributed by atoms with Crippen LogP contribution in [0.4, 0.5) is 18.9 Å². The molecule has 17 heavy (non-hydrogen) atoms. The van der Waals surface area contributed by atoms with Gasteiger partial charge in [-0.05, 0) is 19.1 Å². The van der Waals surface area contributed by atoms with Crippen LogP contribution in [-0.4, -0.2) is 5.16 Å². The molecule has 3 nitrogen and oxygen atoms in total. The van der Waals surface area contributed by atoms with Crippen LogP contribution in [-0.2, 0) is 6.18 Å². The van der Waals surface area contributed by atoms with Gasteiger partial charge < -0.3 is 10.3 Å². The summed E-state index contributed by atoms with van der Waals surface area (Å²) in [5, 5.41) is 3.64. The summed E-state index contributed by atoms with van der Waals surface area (Å²) in [5.74, 6) is 0.288. The Hall–Kier alpha value is -1.98. The van der Waals surface area contributed by atoms with Crippen LogP contribution in [0.3, 0.4) is 0 Å². The van der Waals surface area contributed by atoms with E-state index >= 15 is 0 Å². The molecule has 0 amide bonds. The zero-order valence-electron chi connectivity index (χ0n) is 8.88. The van der Waals surface area contributed by atoms with E-state index in [0.717, 1.165) is 12.1 Å². The average molecular weight is 242 g/mol. The molecule has 6 heteroatoms. The van der Waals surface area contributed by atoms with Crippen molar-refractivity contribution in [3.63, 3.8) is 0 Å². The van der Waals surface area contributed by atoms with E-state index in [2.05, 4.69) is 5.16 Å². The quantitative estimate of drug-likeness (QED) is 0.835. The number of rotatable bonds is 1. The van der Waals surface area contributed by atoms with E-state index < -0.39 is 11.7 Å². The lowest BCUT2D eigenvalue weighted by atomic mass is 10.1. The van der Waals surface area contributed by atoms with Crippen molar-refractivity contribution in [3.05, 3.63) is 35.5 Å². The topological polar surface area (TPSA) is 52.0 Å². The lowest BCUT2D eigenvalue weighted by molar-refractivity contribution is -0.137. The van der Waals surface area contributed by atoms with E-state index in [9.17, 15) is 13.2 Å². The van der Waals surface area contributed by atoms with Gasteiger partial charge in [0.2, 0.25) is 0 Å². The van der Waals surface area contributed by atoms with Gasteiger partial charge in [0, 0.05) is 5.56 Å². The number of aromatic nitrogens is 1. The van der Waals surface area contributed by atoms with Gasteiger partial charge in [0.05, 0.1) is 5.56 Å². The van der Waals surface area contributed by atoms with Crippen LogP contribution in [0.1, 0.15) is 11.3 Å². The van der Waals surface area contributed by atoms with Crippen molar-refractivity contribution < 1.29 is 17.7 Å². The summed E-state index contributed by atoms with van der Waals surface area (Å²) in [6.45, 7) is 1.66. The normalized spacial score (nSPS) is 11.8. The molecule has 0 atom stereocenters. The van der Waals surface area contributed by atoms with E-state index in [0.29, 0.717) is 16.9 Å². The summed E-state index contributed by atoms with van der Waals surface area (Å²) >= 11 is 0. The van der Waals surface area contributed by atoms with Gasteiger partial charge in [-0.25, -0.2) is 0 Å².